The molecule has 7 heteroatoms. The number of sulfonamides is 1. The van der Waals surface area contributed by atoms with E-state index in [9.17, 15) is 8.42 Å². The smallest absolute Gasteiger partial charge is 0.242 e. The number of rotatable bonds is 8. The Morgan fingerprint density at radius 2 is 2.05 bits per heavy atom. The molecule has 0 aliphatic carbocycles. The molecular formula is C12H19ClN2O3S. The molecule has 0 spiro atoms. The lowest BCUT2D eigenvalue weighted by Gasteiger charge is -2.09. The fraction of sp³-hybridized carbons (Fsp3) is 0.500. The van der Waals surface area contributed by atoms with E-state index in [0.29, 0.717) is 18.8 Å². The van der Waals surface area contributed by atoms with Crippen LogP contribution in [0.1, 0.15) is 19.3 Å². The third-order valence-electron chi connectivity index (χ3n) is 2.56. The lowest BCUT2D eigenvalue weighted by atomic mass is 10.2. The Balaban J connectivity index is 2.54. The quantitative estimate of drug-likeness (QED) is 0.568. The summed E-state index contributed by atoms with van der Waals surface area (Å²) in [4.78, 5) is 0.0195. The van der Waals surface area contributed by atoms with Crippen molar-refractivity contribution in [3.05, 3.63) is 23.2 Å². The maximum Gasteiger partial charge on any atom is 0.242 e. The van der Waals surface area contributed by atoms with E-state index in [0.717, 1.165) is 19.3 Å². The van der Waals surface area contributed by atoms with Crippen molar-refractivity contribution < 1.29 is 13.2 Å². The van der Waals surface area contributed by atoms with Crippen LogP contribution in [0.4, 0.5) is 5.69 Å². The molecule has 0 amide bonds. The highest BCUT2D eigenvalue weighted by Gasteiger charge is 2.17. The number of ether oxygens (including phenoxy) is 1. The highest BCUT2D eigenvalue weighted by Crippen LogP contribution is 2.23. The summed E-state index contributed by atoms with van der Waals surface area (Å²) < 4.78 is 31.5. The van der Waals surface area contributed by atoms with Crippen molar-refractivity contribution in [2.24, 2.45) is 0 Å². The van der Waals surface area contributed by atoms with E-state index < -0.39 is 10.0 Å². The number of hydrogen-bond donors (Lipinski definition) is 2. The predicted molar refractivity (Wildman–Crippen MR) is 76.8 cm³/mol. The van der Waals surface area contributed by atoms with E-state index in [1.165, 1.54) is 12.1 Å². The molecule has 0 bridgehead atoms. The van der Waals surface area contributed by atoms with Crippen LogP contribution < -0.4 is 10.5 Å². The number of nitrogens with one attached hydrogen (secondary N) is 1. The Morgan fingerprint density at radius 1 is 1.32 bits per heavy atom. The molecule has 0 radical (unpaired) electrons. The van der Waals surface area contributed by atoms with E-state index in [4.69, 9.17) is 22.1 Å². The van der Waals surface area contributed by atoms with Crippen LogP contribution >= 0.6 is 11.6 Å². The maximum atomic E-state index is 12.0. The summed E-state index contributed by atoms with van der Waals surface area (Å²) in [5.74, 6) is 0. The van der Waals surface area contributed by atoms with Crippen molar-refractivity contribution in [2.75, 3.05) is 26.0 Å². The van der Waals surface area contributed by atoms with Crippen LogP contribution in [0.15, 0.2) is 23.1 Å². The first-order valence-electron chi connectivity index (χ1n) is 6.01. The second-order valence-corrected chi connectivity index (χ2v) is 6.28. The van der Waals surface area contributed by atoms with Crippen LogP contribution in [0.5, 0.6) is 0 Å². The first-order chi connectivity index (χ1) is 8.97. The van der Waals surface area contributed by atoms with Gasteiger partial charge in [-0.1, -0.05) is 11.6 Å². The topological polar surface area (TPSA) is 81.4 Å². The van der Waals surface area contributed by atoms with E-state index in [2.05, 4.69) is 4.72 Å². The number of nitrogens with two attached hydrogens (primary N) is 1. The molecule has 0 saturated carbocycles. The minimum atomic E-state index is -3.60. The van der Waals surface area contributed by atoms with Gasteiger partial charge in [0.1, 0.15) is 4.90 Å². The molecule has 1 aromatic rings. The van der Waals surface area contributed by atoms with Crippen LogP contribution in [0.2, 0.25) is 5.02 Å². The fourth-order valence-corrected chi connectivity index (χ4v) is 3.17. The molecule has 0 aromatic heterocycles. The van der Waals surface area contributed by atoms with Gasteiger partial charge in [0.15, 0.2) is 0 Å². The van der Waals surface area contributed by atoms with Gasteiger partial charge < -0.3 is 10.5 Å². The van der Waals surface area contributed by atoms with E-state index in [-0.39, 0.29) is 9.92 Å². The Hall–Kier alpha value is -0.820. The zero-order valence-electron chi connectivity index (χ0n) is 10.9. The predicted octanol–water partition coefficient (Wildman–Crippen LogP) is 2.02. The molecule has 0 aliphatic rings. The summed E-state index contributed by atoms with van der Waals surface area (Å²) in [6, 6.07) is 4.39. The second-order valence-electron chi connectivity index (χ2n) is 4.14. The normalized spacial score (nSPS) is 11.7. The molecule has 0 fully saturated rings. The number of benzene rings is 1. The molecule has 0 aliphatic heterocycles. The lowest BCUT2D eigenvalue weighted by Crippen LogP contribution is -2.25. The van der Waals surface area contributed by atoms with E-state index >= 15 is 0 Å². The molecule has 3 N–H and O–H groups in total. The minimum Gasteiger partial charge on any atom is -0.399 e. The van der Waals surface area contributed by atoms with Crippen molar-refractivity contribution in [3.8, 4) is 0 Å². The third kappa shape index (κ3) is 5.36. The zero-order chi connectivity index (χ0) is 14.3. The van der Waals surface area contributed by atoms with Gasteiger partial charge in [0.2, 0.25) is 10.0 Å². The van der Waals surface area contributed by atoms with Gasteiger partial charge in [0, 0.05) is 25.9 Å². The van der Waals surface area contributed by atoms with Crippen molar-refractivity contribution in [3.63, 3.8) is 0 Å². The summed E-state index contributed by atoms with van der Waals surface area (Å²) in [6.07, 6.45) is 2.57. The molecule has 108 valence electrons. The first-order valence-corrected chi connectivity index (χ1v) is 7.87. The minimum absolute atomic E-state index is 0.0195. The zero-order valence-corrected chi connectivity index (χ0v) is 12.4. The highest BCUT2D eigenvalue weighted by atomic mass is 35.5. The number of nitrogen functional groups attached to an aromatic ring is 1. The Bertz CT molecular complexity index is 506. The number of hydrogen-bond acceptors (Lipinski definition) is 4. The van der Waals surface area contributed by atoms with Gasteiger partial charge in [-0.15, -0.1) is 0 Å². The standard InChI is InChI=1S/C12H19ClN2O3S/c1-18-8-4-2-3-7-15-19(16,17)12-9-10(14)5-6-11(12)13/h5-6,9,15H,2-4,7-8,14H2,1H3. The molecule has 0 heterocycles. The molecule has 0 unspecified atom stereocenters. The molecule has 5 nitrogen and oxygen atoms in total. The second kappa shape index (κ2) is 7.69. The van der Waals surface area contributed by atoms with E-state index in [1.54, 1.807) is 13.2 Å². The van der Waals surface area contributed by atoms with Gasteiger partial charge in [0.25, 0.3) is 0 Å². The lowest BCUT2D eigenvalue weighted by molar-refractivity contribution is 0.192. The van der Waals surface area contributed by atoms with Crippen LogP contribution in [0, 0.1) is 0 Å². The molecule has 19 heavy (non-hydrogen) atoms. The van der Waals surface area contributed by atoms with Gasteiger partial charge in [-0.2, -0.15) is 0 Å². The summed E-state index contributed by atoms with van der Waals surface area (Å²) in [6.45, 7) is 1.06. The van der Waals surface area contributed by atoms with Crippen molar-refractivity contribution >= 4 is 27.3 Å². The van der Waals surface area contributed by atoms with Crippen LogP contribution in [-0.4, -0.2) is 28.7 Å². The van der Waals surface area contributed by atoms with Gasteiger partial charge in [-0.3, -0.25) is 0 Å². The number of methoxy groups -OCH3 is 1. The summed E-state index contributed by atoms with van der Waals surface area (Å²) in [5.41, 5.74) is 5.93. The van der Waals surface area contributed by atoms with Crippen molar-refractivity contribution in [2.45, 2.75) is 24.2 Å². The van der Waals surface area contributed by atoms with Gasteiger partial charge in [-0.25, -0.2) is 13.1 Å². The molecule has 0 saturated heterocycles. The Labute approximate surface area is 119 Å². The molecule has 1 rings (SSSR count). The van der Waals surface area contributed by atoms with Crippen LogP contribution in [0.25, 0.3) is 0 Å². The van der Waals surface area contributed by atoms with Crippen molar-refractivity contribution in [1.82, 2.24) is 4.72 Å². The maximum absolute atomic E-state index is 12.0. The van der Waals surface area contributed by atoms with Crippen LogP contribution in [-0.2, 0) is 14.8 Å². The number of anilines is 1. The summed E-state index contributed by atoms with van der Waals surface area (Å²) in [7, 11) is -1.96. The van der Waals surface area contributed by atoms with Gasteiger partial charge in [0.05, 0.1) is 5.02 Å². The highest BCUT2D eigenvalue weighted by molar-refractivity contribution is 7.89. The van der Waals surface area contributed by atoms with E-state index in [1.807, 2.05) is 0 Å². The van der Waals surface area contributed by atoms with Crippen molar-refractivity contribution in [1.29, 1.82) is 0 Å². The molecular weight excluding hydrogens is 288 g/mol. The van der Waals surface area contributed by atoms with Crippen LogP contribution in [0.3, 0.4) is 0 Å². The molecule has 0 atom stereocenters. The van der Waals surface area contributed by atoms with Gasteiger partial charge >= 0.3 is 0 Å². The third-order valence-corrected chi connectivity index (χ3v) is 4.50. The number of unbranched alkanes of at least 4 members (excludes halogenated alkanes) is 2. The number of halogens is 1. The Morgan fingerprint density at radius 3 is 2.74 bits per heavy atom. The van der Waals surface area contributed by atoms with Gasteiger partial charge in [-0.05, 0) is 37.5 Å². The Kier molecular flexibility index (Phi) is 6.57. The SMILES string of the molecule is COCCCCCNS(=O)(=O)c1cc(N)ccc1Cl. The fourth-order valence-electron chi connectivity index (χ4n) is 1.56. The average Bonchev–Trinajstić information content (AvgIpc) is 2.36. The first kappa shape index (κ1) is 16.2. The monoisotopic (exact) mass is 306 g/mol. The largest absolute Gasteiger partial charge is 0.399 e. The summed E-state index contributed by atoms with van der Waals surface area (Å²) >= 11 is 5.87. The average molecular weight is 307 g/mol. The summed E-state index contributed by atoms with van der Waals surface area (Å²) in [5, 5.41) is 0.168. The molecule has 1 aromatic carbocycles.